The maximum atomic E-state index is 11.3. The maximum Gasteiger partial charge on any atom is 0.312 e. The van der Waals surface area contributed by atoms with Crippen LogP contribution < -0.4 is 0 Å². The third-order valence-corrected chi connectivity index (χ3v) is 3.82. The van der Waals surface area contributed by atoms with Gasteiger partial charge in [-0.1, -0.05) is 32.6 Å². The highest BCUT2D eigenvalue weighted by Crippen LogP contribution is 2.43. The Balaban J connectivity index is 2.73. The summed E-state index contributed by atoms with van der Waals surface area (Å²) in [6.45, 7) is 1.92. The molecule has 2 atom stereocenters. The second kappa shape index (κ2) is 5.50. The molecule has 88 valence electrons. The predicted molar refractivity (Wildman–Crippen MR) is 58.6 cm³/mol. The minimum Gasteiger partial charge on any atom is -0.481 e. The zero-order chi connectivity index (χ0) is 11.3. The molecule has 0 aromatic rings. The molecule has 0 amide bonds. The van der Waals surface area contributed by atoms with Crippen LogP contribution in [0.15, 0.2) is 0 Å². The molecule has 1 rings (SSSR count). The van der Waals surface area contributed by atoms with Gasteiger partial charge >= 0.3 is 5.97 Å². The van der Waals surface area contributed by atoms with Crippen molar-refractivity contribution in [3.8, 4) is 0 Å². The van der Waals surface area contributed by atoms with Crippen molar-refractivity contribution in [2.75, 3.05) is 6.61 Å². The zero-order valence-corrected chi connectivity index (χ0v) is 9.54. The van der Waals surface area contributed by atoms with Gasteiger partial charge in [-0.15, -0.1) is 0 Å². The van der Waals surface area contributed by atoms with E-state index in [0.717, 1.165) is 38.5 Å². The number of carboxylic acid groups (broad SMARTS) is 1. The lowest BCUT2D eigenvalue weighted by atomic mass is 9.65. The number of aliphatic carboxylic acids is 1. The molecule has 0 bridgehead atoms. The summed E-state index contributed by atoms with van der Waals surface area (Å²) in [5.74, 6) is -0.625. The van der Waals surface area contributed by atoms with E-state index in [1.165, 1.54) is 0 Å². The first-order valence-electron chi connectivity index (χ1n) is 6.01. The van der Waals surface area contributed by atoms with Crippen LogP contribution in [0.25, 0.3) is 0 Å². The van der Waals surface area contributed by atoms with Crippen molar-refractivity contribution in [1.82, 2.24) is 0 Å². The SMILES string of the molecule is CCCCC1CCCCC1(CO)C(=O)O. The topological polar surface area (TPSA) is 57.5 Å². The fourth-order valence-electron chi connectivity index (χ4n) is 2.74. The number of hydrogen-bond acceptors (Lipinski definition) is 2. The van der Waals surface area contributed by atoms with Gasteiger partial charge in [0, 0.05) is 0 Å². The smallest absolute Gasteiger partial charge is 0.312 e. The number of carbonyl (C=O) groups is 1. The fraction of sp³-hybridized carbons (Fsp3) is 0.917. The van der Waals surface area contributed by atoms with E-state index in [1.54, 1.807) is 0 Å². The third-order valence-electron chi connectivity index (χ3n) is 3.82. The molecule has 0 spiro atoms. The van der Waals surface area contributed by atoms with E-state index < -0.39 is 11.4 Å². The molecule has 0 heterocycles. The van der Waals surface area contributed by atoms with Gasteiger partial charge < -0.3 is 10.2 Å². The molecule has 1 fully saturated rings. The Hall–Kier alpha value is -0.570. The molecule has 2 unspecified atom stereocenters. The van der Waals surface area contributed by atoms with E-state index in [1.807, 2.05) is 0 Å². The Kier molecular flexibility index (Phi) is 4.58. The van der Waals surface area contributed by atoms with Gasteiger partial charge in [0.05, 0.1) is 12.0 Å². The number of hydrogen-bond donors (Lipinski definition) is 2. The summed E-state index contributed by atoms with van der Waals surface area (Å²) < 4.78 is 0. The number of rotatable bonds is 5. The Morgan fingerprint density at radius 2 is 2.20 bits per heavy atom. The van der Waals surface area contributed by atoms with E-state index >= 15 is 0 Å². The Bertz CT molecular complexity index is 215. The van der Waals surface area contributed by atoms with Crippen LogP contribution in [0.3, 0.4) is 0 Å². The first kappa shape index (κ1) is 12.5. The molecule has 1 aliphatic rings. The molecule has 0 aromatic carbocycles. The minimum atomic E-state index is -0.840. The van der Waals surface area contributed by atoms with Gasteiger partial charge in [0.15, 0.2) is 0 Å². The van der Waals surface area contributed by atoms with Crippen LogP contribution in [-0.2, 0) is 4.79 Å². The quantitative estimate of drug-likeness (QED) is 0.739. The van der Waals surface area contributed by atoms with Crippen LogP contribution in [0.1, 0.15) is 51.9 Å². The lowest BCUT2D eigenvalue weighted by Gasteiger charge is -2.39. The number of unbranched alkanes of at least 4 members (excludes halogenated alkanes) is 1. The van der Waals surface area contributed by atoms with Crippen molar-refractivity contribution in [2.45, 2.75) is 51.9 Å². The molecule has 0 aromatic heterocycles. The lowest BCUT2D eigenvalue weighted by Crippen LogP contribution is -2.44. The average molecular weight is 214 g/mol. The number of carboxylic acids is 1. The lowest BCUT2D eigenvalue weighted by molar-refractivity contribution is -0.159. The summed E-state index contributed by atoms with van der Waals surface area (Å²) in [5, 5.41) is 18.7. The highest BCUT2D eigenvalue weighted by Gasteiger charge is 2.46. The molecule has 1 aliphatic carbocycles. The second-order valence-corrected chi connectivity index (χ2v) is 4.70. The molecule has 15 heavy (non-hydrogen) atoms. The Morgan fingerprint density at radius 1 is 1.47 bits per heavy atom. The van der Waals surface area contributed by atoms with Crippen molar-refractivity contribution in [3.05, 3.63) is 0 Å². The summed E-state index contributed by atoms with van der Waals surface area (Å²) in [5.41, 5.74) is -0.840. The first-order valence-corrected chi connectivity index (χ1v) is 6.01. The van der Waals surface area contributed by atoms with Crippen LogP contribution in [-0.4, -0.2) is 22.8 Å². The van der Waals surface area contributed by atoms with Crippen molar-refractivity contribution >= 4 is 5.97 Å². The van der Waals surface area contributed by atoms with Gasteiger partial charge in [-0.2, -0.15) is 0 Å². The molecule has 0 radical (unpaired) electrons. The number of aliphatic hydroxyl groups excluding tert-OH is 1. The van der Waals surface area contributed by atoms with E-state index in [4.69, 9.17) is 0 Å². The van der Waals surface area contributed by atoms with E-state index in [2.05, 4.69) is 6.92 Å². The van der Waals surface area contributed by atoms with E-state index in [0.29, 0.717) is 6.42 Å². The molecular weight excluding hydrogens is 192 g/mol. The van der Waals surface area contributed by atoms with Crippen molar-refractivity contribution < 1.29 is 15.0 Å². The first-order chi connectivity index (χ1) is 7.17. The van der Waals surface area contributed by atoms with Crippen LogP contribution in [0.2, 0.25) is 0 Å². The molecule has 0 aliphatic heterocycles. The molecule has 3 nitrogen and oxygen atoms in total. The van der Waals surface area contributed by atoms with Crippen LogP contribution in [0.4, 0.5) is 0 Å². The summed E-state index contributed by atoms with van der Waals surface area (Å²) in [6.07, 6.45) is 6.78. The van der Waals surface area contributed by atoms with Gasteiger partial charge in [-0.05, 0) is 25.2 Å². The predicted octanol–water partition coefficient (Wildman–Crippen LogP) is 2.43. The standard InChI is InChI=1S/C12H22O3/c1-2-3-6-10-7-4-5-8-12(10,9-13)11(14)15/h10,13H,2-9H2,1H3,(H,14,15). The fourth-order valence-corrected chi connectivity index (χ4v) is 2.74. The van der Waals surface area contributed by atoms with Crippen LogP contribution in [0.5, 0.6) is 0 Å². The average Bonchev–Trinajstić information content (AvgIpc) is 2.26. The summed E-state index contributed by atoms with van der Waals surface area (Å²) in [7, 11) is 0. The van der Waals surface area contributed by atoms with Gasteiger partial charge in [-0.25, -0.2) is 0 Å². The highest BCUT2D eigenvalue weighted by molar-refractivity contribution is 5.75. The van der Waals surface area contributed by atoms with Crippen LogP contribution in [0, 0.1) is 11.3 Å². The summed E-state index contributed by atoms with van der Waals surface area (Å²) in [6, 6.07) is 0. The van der Waals surface area contributed by atoms with Gasteiger partial charge in [0.25, 0.3) is 0 Å². The minimum absolute atomic E-state index is 0.175. The van der Waals surface area contributed by atoms with Gasteiger partial charge in [0.2, 0.25) is 0 Å². The highest BCUT2D eigenvalue weighted by atomic mass is 16.4. The Morgan fingerprint density at radius 3 is 2.73 bits per heavy atom. The van der Waals surface area contributed by atoms with Gasteiger partial charge in [-0.3, -0.25) is 4.79 Å². The second-order valence-electron chi connectivity index (χ2n) is 4.70. The molecule has 3 heteroatoms. The van der Waals surface area contributed by atoms with Crippen molar-refractivity contribution in [1.29, 1.82) is 0 Å². The summed E-state index contributed by atoms with van der Waals surface area (Å²) >= 11 is 0. The van der Waals surface area contributed by atoms with Crippen molar-refractivity contribution in [2.24, 2.45) is 11.3 Å². The maximum absolute atomic E-state index is 11.3. The Labute approximate surface area is 91.5 Å². The molecule has 2 N–H and O–H groups in total. The number of aliphatic hydroxyl groups is 1. The molecule has 0 saturated heterocycles. The van der Waals surface area contributed by atoms with Crippen molar-refractivity contribution in [3.63, 3.8) is 0 Å². The normalized spacial score (nSPS) is 31.5. The zero-order valence-electron chi connectivity index (χ0n) is 9.54. The summed E-state index contributed by atoms with van der Waals surface area (Å²) in [4.78, 5) is 11.3. The third kappa shape index (κ3) is 2.51. The molecular formula is C12H22O3. The van der Waals surface area contributed by atoms with E-state index in [-0.39, 0.29) is 12.5 Å². The monoisotopic (exact) mass is 214 g/mol. The van der Waals surface area contributed by atoms with Crippen LogP contribution >= 0.6 is 0 Å². The van der Waals surface area contributed by atoms with Gasteiger partial charge in [0.1, 0.15) is 0 Å². The largest absolute Gasteiger partial charge is 0.481 e. The molecule has 1 saturated carbocycles. The van der Waals surface area contributed by atoms with E-state index in [9.17, 15) is 15.0 Å².